The summed E-state index contributed by atoms with van der Waals surface area (Å²) >= 11 is 5.83. The highest BCUT2D eigenvalue weighted by molar-refractivity contribution is 6.30. The fourth-order valence-corrected chi connectivity index (χ4v) is 2.31. The van der Waals surface area contributed by atoms with E-state index in [2.05, 4.69) is 5.32 Å². The summed E-state index contributed by atoms with van der Waals surface area (Å²) in [5.74, 6) is 1.29. The lowest BCUT2D eigenvalue weighted by Crippen LogP contribution is -2.42. The Morgan fingerprint density at radius 2 is 1.90 bits per heavy atom. The summed E-state index contributed by atoms with van der Waals surface area (Å²) in [5, 5.41) is 3.50. The van der Waals surface area contributed by atoms with Crippen molar-refractivity contribution in [2.75, 3.05) is 6.54 Å². The summed E-state index contributed by atoms with van der Waals surface area (Å²) in [7, 11) is 0. The second kappa shape index (κ2) is 6.56. The largest absolute Gasteiger partial charge is 0.490 e. The third kappa shape index (κ3) is 5.46. The molecule has 1 aliphatic rings. The molecule has 4 nitrogen and oxygen atoms in total. The molecule has 2 rings (SSSR count). The molecule has 1 aromatic rings. The second-order valence-electron chi connectivity index (χ2n) is 6.41. The molecule has 0 saturated heterocycles. The van der Waals surface area contributed by atoms with E-state index in [9.17, 15) is 4.79 Å². The average Bonchev–Trinajstić information content (AvgIpc) is 2.32. The first-order valence-corrected chi connectivity index (χ1v) is 7.59. The molecule has 1 aliphatic carbocycles. The molecule has 0 aromatic heterocycles. The third-order valence-electron chi connectivity index (χ3n) is 3.24. The van der Waals surface area contributed by atoms with Crippen LogP contribution in [0.1, 0.15) is 33.6 Å². The highest BCUT2D eigenvalue weighted by atomic mass is 35.5. The van der Waals surface area contributed by atoms with Gasteiger partial charge in [0, 0.05) is 11.6 Å². The van der Waals surface area contributed by atoms with E-state index in [1.807, 2.05) is 45.0 Å². The van der Waals surface area contributed by atoms with E-state index in [-0.39, 0.29) is 12.2 Å². The van der Waals surface area contributed by atoms with Gasteiger partial charge >= 0.3 is 6.09 Å². The van der Waals surface area contributed by atoms with Gasteiger partial charge in [-0.05, 0) is 63.8 Å². The molecule has 5 heteroatoms. The summed E-state index contributed by atoms with van der Waals surface area (Å²) in [6.07, 6.45) is 1.75. The van der Waals surface area contributed by atoms with Crippen molar-refractivity contribution in [1.82, 2.24) is 5.32 Å². The first-order valence-electron chi connectivity index (χ1n) is 7.21. The zero-order valence-electron chi connectivity index (χ0n) is 12.7. The topological polar surface area (TPSA) is 47.6 Å². The van der Waals surface area contributed by atoms with Gasteiger partial charge in [-0.15, -0.1) is 0 Å². The Morgan fingerprint density at radius 1 is 1.29 bits per heavy atom. The van der Waals surface area contributed by atoms with Crippen LogP contribution in [-0.2, 0) is 4.74 Å². The SMILES string of the molecule is CC(C)(C)OC(=O)NCC1CC(Oc2ccc(Cl)cc2)C1. The van der Waals surface area contributed by atoms with E-state index >= 15 is 0 Å². The Kier molecular flexibility index (Phi) is 4.99. The van der Waals surface area contributed by atoms with Crippen LogP contribution in [0, 0.1) is 5.92 Å². The van der Waals surface area contributed by atoms with Crippen molar-refractivity contribution in [3.8, 4) is 5.75 Å². The maximum Gasteiger partial charge on any atom is 0.407 e. The smallest absolute Gasteiger partial charge is 0.407 e. The van der Waals surface area contributed by atoms with Gasteiger partial charge in [0.05, 0.1) is 6.10 Å². The maximum absolute atomic E-state index is 11.5. The quantitative estimate of drug-likeness (QED) is 0.913. The van der Waals surface area contributed by atoms with Crippen LogP contribution < -0.4 is 10.1 Å². The van der Waals surface area contributed by atoms with Crippen LogP contribution in [0.3, 0.4) is 0 Å². The molecule has 0 spiro atoms. The number of benzene rings is 1. The van der Waals surface area contributed by atoms with Gasteiger partial charge in [0.2, 0.25) is 0 Å². The number of hydrogen-bond acceptors (Lipinski definition) is 3. The van der Waals surface area contributed by atoms with Crippen molar-refractivity contribution in [1.29, 1.82) is 0 Å². The molecule has 0 heterocycles. The first kappa shape index (κ1) is 16.0. The third-order valence-corrected chi connectivity index (χ3v) is 3.49. The molecule has 0 bridgehead atoms. The highest BCUT2D eigenvalue weighted by Gasteiger charge is 2.31. The van der Waals surface area contributed by atoms with E-state index in [1.165, 1.54) is 0 Å². The summed E-state index contributed by atoms with van der Waals surface area (Å²) in [4.78, 5) is 11.5. The second-order valence-corrected chi connectivity index (χ2v) is 6.85. The molecule has 21 heavy (non-hydrogen) atoms. The molecule has 0 unspecified atom stereocenters. The Labute approximate surface area is 130 Å². The highest BCUT2D eigenvalue weighted by Crippen LogP contribution is 2.31. The molecule has 1 amide bonds. The first-order chi connectivity index (χ1) is 9.82. The number of alkyl carbamates (subject to hydrolysis) is 1. The van der Waals surface area contributed by atoms with Crippen LogP contribution in [0.2, 0.25) is 5.02 Å². The summed E-state index contributed by atoms with van der Waals surface area (Å²) in [6.45, 7) is 6.19. The van der Waals surface area contributed by atoms with Crippen LogP contribution in [-0.4, -0.2) is 24.3 Å². The van der Waals surface area contributed by atoms with E-state index in [0.29, 0.717) is 17.5 Å². The molecule has 1 aromatic carbocycles. The summed E-state index contributed by atoms with van der Waals surface area (Å²) < 4.78 is 11.0. The van der Waals surface area contributed by atoms with Gasteiger partial charge in [-0.2, -0.15) is 0 Å². The lowest BCUT2D eigenvalue weighted by Gasteiger charge is -2.35. The van der Waals surface area contributed by atoms with Crippen LogP contribution in [0.25, 0.3) is 0 Å². The number of carbonyl (C=O) groups excluding carboxylic acids is 1. The van der Waals surface area contributed by atoms with Gasteiger partial charge in [-0.1, -0.05) is 11.6 Å². The van der Waals surface area contributed by atoms with E-state index in [4.69, 9.17) is 21.1 Å². The summed E-state index contributed by atoms with van der Waals surface area (Å²) in [6, 6.07) is 7.37. The summed E-state index contributed by atoms with van der Waals surface area (Å²) in [5.41, 5.74) is -0.454. The van der Waals surface area contributed by atoms with Crippen LogP contribution in [0.15, 0.2) is 24.3 Å². The molecule has 0 radical (unpaired) electrons. The van der Waals surface area contributed by atoms with Crippen molar-refractivity contribution in [2.24, 2.45) is 5.92 Å². The number of carbonyl (C=O) groups is 1. The molecule has 0 aliphatic heterocycles. The molecule has 116 valence electrons. The minimum Gasteiger partial charge on any atom is -0.490 e. The Balaban J connectivity index is 1.63. The lowest BCUT2D eigenvalue weighted by molar-refractivity contribution is 0.0415. The zero-order chi connectivity index (χ0) is 15.5. The van der Waals surface area contributed by atoms with Crippen LogP contribution >= 0.6 is 11.6 Å². The fraction of sp³-hybridized carbons (Fsp3) is 0.562. The van der Waals surface area contributed by atoms with Crippen LogP contribution in [0.4, 0.5) is 4.79 Å². The van der Waals surface area contributed by atoms with Crippen molar-refractivity contribution in [3.63, 3.8) is 0 Å². The number of halogens is 1. The van der Waals surface area contributed by atoms with Crippen LogP contribution in [0.5, 0.6) is 5.75 Å². The van der Waals surface area contributed by atoms with Gasteiger partial charge < -0.3 is 14.8 Å². The molecule has 1 fully saturated rings. The van der Waals surface area contributed by atoms with Crippen molar-refractivity contribution < 1.29 is 14.3 Å². The predicted octanol–water partition coefficient (Wildman–Crippen LogP) is 4.02. The average molecular weight is 312 g/mol. The molecule has 1 saturated carbocycles. The van der Waals surface area contributed by atoms with Gasteiger partial charge in [-0.3, -0.25) is 0 Å². The van der Waals surface area contributed by atoms with Gasteiger partial charge in [0.15, 0.2) is 0 Å². The molecular weight excluding hydrogens is 290 g/mol. The van der Waals surface area contributed by atoms with Crippen molar-refractivity contribution in [2.45, 2.75) is 45.3 Å². The molecule has 0 atom stereocenters. The number of ether oxygens (including phenoxy) is 2. The number of amides is 1. The number of rotatable bonds is 4. The number of hydrogen-bond donors (Lipinski definition) is 1. The number of nitrogens with one attached hydrogen (secondary N) is 1. The van der Waals surface area contributed by atoms with Crippen molar-refractivity contribution in [3.05, 3.63) is 29.3 Å². The van der Waals surface area contributed by atoms with E-state index in [1.54, 1.807) is 0 Å². The zero-order valence-corrected chi connectivity index (χ0v) is 13.4. The Hall–Kier alpha value is -1.42. The standard InChI is InChI=1S/C16H22ClNO3/c1-16(2,3)21-15(19)18-10-11-8-14(9-11)20-13-6-4-12(17)5-7-13/h4-7,11,14H,8-10H2,1-3H3,(H,18,19). The van der Waals surface area contributed by atoms with Gasteiger partial charge in [0.1, 0.15) is 11.4 Å². The molecule has 1 N–H and O–H groups in total. The van der Waals surface area contributed by atoms with E-state index in [0.717, 1.165) is 18.6 Å². The Morgan fingerprint density at radius 3 is 2.48 bits per heavy atom. The van der Waals surface area contributed by atoms with Gasteiger partial charge in [0.25, 0.3) is 0 Å². The predicted molar refractivity (Wildman–Crippen MR) is 82.8 cm³/mol. The Bertz CT molecular complexity index is 475. The minimum absolute atomic E-state index is 0.219. The van der Waals surface area contributed by atoms with Crippen molar-refractivity contribution >= 4 is 17.7 Å². The maximum atomic E-state index is 11.5. The van der Waals surface area contributed by atoms with E-state index < -0.39 is 5.60 Å². The normalized spacial score (nSPS) is 21.3. The lowest BCUT2D eigenvalue weighted by atomic mass is 9.82. The fourth-order valence-electron chi connectivity index (χ4n) is 2.18. The monoisotopic (exact) mass is 311 g/mol. The van der Waals surface area contributed by atoms with Gasteiger partial charge in [-0.25, -0.2) is 4.79 Å². The molecular formula is C16H22ClNO3. The minimum atomic E-state index is -0.454.